The van der Waals surface area contributed by atoms with E-state index in [4.69, 9.17) is 0 Å². The van der Waals surface area contributed by atoms with Crippen molar-refractivity contribution in [3.8, 4) is 0 Å². The number of fused-ring (bicyclic) bond motifs is 1. The molecule has 0 atom stereocenters. The first-order chi connectivity index (χ1) is 5.88. The van der Waals surface area contributed by atoms with Gasteiger partial charge in [-0.05, 0) is 24.5 Å². The summed E-state index contributed by atoms with van der Waals surface area (Å²) in [6, 6.07) is 1.93. The molecule has 2 heterocycles. The number of aryl methyl sites for hydroxylation is 1. The second-order valence-electron chi connectivity index (χ2n) is 2.02. The molecule has 0 amide bonds. The summed E-state index contributed by atoms with van der Waals surface area (Å²) in [5.41, 5.74) is 1.04. The molecule has 2 aromatic heterocycles. The van der Waals surface area contributed by atoms with Crippen LogP contribution < -0.4 is 0 Å². The predicted octanol–water partition coefficient (Wildman–Crippen LogP) is 2.42. The lowest BCUT2D eigenvalue weighted by Gasteiger charge is -1.82. The lowest BCUT2D eigenvalue weighted by Crippen LogP contribution is -1.76. The fourth-order valence-corrected chi connectivity index (χ4v) is 1.54. The minimum absolute atomic E-state index is 0.917. The molecular formula is C8H11N3S. The van der Waals surface area contributed by atoms with E-state index >= 15 is 0 Å². The predicted molar refractivity (Wildman–Crippen MR) is 51.3 cm³/mol. The lowest BCUT2D eigenvalue weighted by atomic mass is 10.3. The molecule has 0 N–H and O–H groups in total. The van der Waals surface area contributed by atoms with E-state index in [1.165, 1.54) is 11.5 Å². The topological polar surface area (TPSA) is 38.7 Å². The number of nitrogens with zero attached hydrogens (tertiary/aromatic N) is 3. The van der Waals surface area contributed by atoms with Gasteiger partial charge in [0.05, 0.1) is 11.9 Å². The van der Waals surface area contributed by atoms with Crippen molar-refractivity contribution in [2.75, 3.05) is 0 Å². The third-order valence-corrected chi connectivity index (χ3v) is 2.19. The molecule has 0 fully saturated rings. The van der Waals surface area contributed by atoms with E-state index in [-0.39, 0.29) is 0 Å². The highest BCUT2D eigenvalue weighted by Crippen LogP contribution is 2.17. The third-order valence-electron chi connectivity index (χ3n) is 1.35. The largest absolute Gasteiger partial charge is 0.195 e. The zero-order valence-corrected chi connectivity index (χ0v) is 8.22. The maximum absolute atomic E-state index is 4.13. The first-order valence-electron chi connectivity index (χ1n) is 3.91. The average molecular weight is 181 g/mol. The molecule has 0 saturated carbocycles. The summed E-state index contributed by atoms with van der Waals surface area (Å²) in [6.07, 6.45) is 1.68. The molecule has 0 aliphatic heterocycles. The van der Waals surface area contributed by atoms with E-state index in [1.54, 1.807) is 6.20 Å². The Labute approximate surface area is 75.6 Å². The molecule has 0 aliphatic carbocycles. The maximum atomic E-state index is 4.13. The highest BCUT2D eigenvalue weighted by Gasteiger charge is 1.99. The van der Waals surface area contributed by atoms with Crippen molar-refractivity contribution >= 4 is 21.7 Å². The van der Waals surface area contributed by atoms with Gasteiger partial charge in [-0.2, -0.15) is 9.47 Å². The summed E-state index contributed by atoms with van der Waals surface area (Å²) >= 11 is 1.39. The van der Waals surface area contributed by atoms with Crippen molar-refractivity contribution in [1.29, 1.82) is 0 Å². The molecule has 0 aliphatic rings. The number of hydrogen-bond donors (Lipinski definition) is 0. The summed E-state index contributed by atoms with van der Waals surface area (Å²) in [5.74, 6) is 0. The van der Waals surface area contributed by atoms with Gasteiger partial charge in [0.2, 0.25) is 0 Å². The van der Waals surface area contributed by atoms with Gasteiger partial charge in [-0.1, -0.05) is 13.8 Å². The van der Waals surface area contributed by atoms with Crippen molar-refractivity contribution in [3.63, 3.8) is 0 Å². The normalized spacial score (nSPS) is 9.25. The molecule has 0 spiro atoms. The van der Waals surface area contributed by atoms with Crippen LogP contribution >= 0.6 is 11.5 Å². The Morgan fingerprint density at radius 2 is 2.08 bits per heavy atom. The summed E-state index contributed by atoms with van der Waals surface area (Å²) < 4.78 is 4.13. The van der Waals surface area contributed by atoms with Crippen LogP contribution in [0.2, 0.25) is 0 Å². The fourth-order valence-electron chi connectivity index (χ4n) is 0.822. The van der Waals surface area contributed by atoms with Gasteiger partial charge < -0.3 is 0 Å². The van der Waals surface area contributed by atoms with Gasteiger partial charge in [0.15, 0.2) is 4.83 Å². The first kappa shape index (κ1) is 9.06. The van der Waals surface area contributed by atoms with Gasteiger partial charge in [0.25, 0.3) is 0 Å². The number of rotatable bonds is 0. The Morgan fingerprint density at radius 3 is 2.75 bits per heavy atom. The Kier molecular flexibility index (Phi) is 3.10. The summed E-state index contributed by atoms with van der Waals surface area (Å²) in [7, 11) is 0. The zero-order valence-electron chi connectivity index (χ0n) is 7.40. The number of hydrogen-bond acceptors (Lipinski definition) is 4. The minimum Gasteiger partial charge on any atom is -0.195 e. The first-order valence-corrected chi connectivity index (χ1v) is 4.69. The van der Waals surface area contributed by atoms with Crippen molar-refractivity contribution in [3.05, 3.63) is 18.0 Å². The summed E-state index contributed by atoms with van der Waals surface area (Å²) in [4.78, 5) is 0.917. The molecule has 2 aromatic rings. The molecular weight excluding hydrogens is 170 g/mol. The Hall–Kier alpha value is -1.03. The van der Waals surface area contributed by atoms with Crippen LogP contribution in [0.1, 0.15) is 19.5 Å². The van der Waals surface area contributed by atoms with E-state index in [0.29, 0.717) is 0 Å². The smallest absolute Gasteiger partial charge is 0.166 e. The van der Waals surface area contributed by atoms with Crippen LogP contribution in [-0.2, 0) is 0 Å². The Balaban J connectivity index is 0.000000336. The van der Waals surface area contributed by atoms with Crippen LogP contribution in [-0.4, -0.2) is 14.6 Å². The van der Waals surface area contributed by atoms with Crippen LogP contribution in [0.3, 0.4) is 0 Å². The second kappa shape index (κ2) is 4.11. The Morgan fingerprint density at radius 1 is 1.33 bits per heavy atom. The minimum atomic E-state index is 0.917. The van der Waals surface area contributed by atoms with E-state index in [2.05, 4.69) is 14.6 Å². The van der Waals surface area contributed by atoms with Crippen molar-refractivity contribution < 1.29 is 0 Å². The molecule has 0 aromatic carbocycles. The molecule has 0 saturated heterocycles. The van der Waals surface area contributed by atoms with Crippen molar-refractivity contribution in [2.24, 2.45) is 0 Å². The van der Waals surface area contributed by atoms with E-state index in [9.17, 15) is 0 Å². The monoisotopic (exact) mass is 181 g/mol. The van der Waals surface area contributed by atoms with Crippen LogP contribution in [0.5, 0.6) is 0 Å². The molecule has 0 bridgehead atoms. The third kappa shape index (κ3) is 1.58. The SMILES string of the molecule is CC.Cc1nsc2nnccc12. The molecule has 4 heteroatoms. The standard InChI is InChI=1S/C6H5N3S.C2H6/c1-4-5-2-3-7-8-6(5)10-9-4;1-2/h2-3H,1H3;1-2H3. The van der Waals surface area contributed by atoms with Gasteiger partial charge in [0, 0.05) is 5.39 Å². The van der Waals surface area contributed by atoms with Crippen molar-refractivity contribution in [2.45, 2.75) is 20.8 Å². The van der Waals surface area contributed by atoms with Crippen LogP contribution in [0.4, 0.5) is 0 Å². The Bertz CT molecular complexity index is 356. The maximum Gasteiger partial charge on any atom is 0.166 e. The molecule has 2 rings (SSSR count). The van der Waals surface area contributed by atoms with E-state index in [0.717, 1.165) is 15.9 Å². The molecule has 0 unspecified atom stereocenters. The lowest BCUT2D eigenvalue weighted by molar-refractivity contribution is 1.08. The molecule has 0 radical (unpaired) electrons. The van der Waals surface area contributed by atoms with Gasteiger partial charge >= 0.3 is 0 Å². The summed E-state index contributed by atoms with van der Waals surface area (Å²) in [6.45, 7) is 5.97. The average Bonchev–Trinajstić information content (AvgIpc) is 2.53. The van der Waals surface area contributed by atoms with Crippen LogP contribution in [0, 0.1) is 6.92 Å². The van der Waals surface area contributed by atoms with E-state index < -0.39 is 0 Å². The molecule has 3 nitrogen and oxygen atoms in total. The van der Waals surface area contributed by atoms with Gasteiger partial charge in [0.1, 0.15) is 0 Å². The summed E-state index contributed by atoms with van der Waals surface area (Å²) in [5, 5.41) is 8.77. The van der Waals surface area contributed by atoms with E-state index in [1.807, 2.05) is 26.8 Å². The second-order valence-corrected chi connectivity index (χ2v) is 2.77. The quantitative estimate of drug-likeness (QED) is 0.626. The van der Waals surface area contributed by atoms with Crippen LogP contribution in [0.15, 0.2) is 12.3 Å². The fraction of sp³-hybridized carbons (Fsp3) is 0.375. The van der Waals surface area contributed by atoms with Crippen molar-refractivity contribution in [1.82, 2.24) is 14.6 Å². The molecule has 64 valence electrons. The highest BCUT2D eigenvalue weighted by atomic mass is 32.1. The molecule has 12 heavy (non-hydrogen) atoms. The zero-order chi connectivity index (χ0) is 8.97. The van der Waals surface area contributed by atoms with Gasteiger partial charge in [-0.15, -0.1) is 5.10 Å². The van der Waals surface area contributed by atoms with Crippen LogP contribution in [0.25, 0.3) is 10.2 Å². The van der Waals surface area contributed by atoms with Gasteiger partial charge in [-0.3, -0.25) is 0 Å². The highest BCUT2D eigenvalue weighted by molar-refractivity contribution is 7.12. The van der Waals surface area contributed by atoms with Gasteiger partial charge in [-0.25, -0.2) is 0 Å². The number of aromatic nitrogens is 3.